The SMILES string of the molecule is CN(CC1CCOCC1)C(C)(C)C(=O)Nc1nnc(C(C)(C)CO)s1. The maximum atomic E-state index is 12.8. The van der Waals surface area contributed by atoms with Crippen molar-refractivity contribution in [2.24, 2.45) is 5.92 Å². The maximum absolute atomic E-state index is 12.8. The fraction of sp³-hybridized carbons (Fsp3) is 0.824. The lowest BCUT2D eigenvalue weighted by Crippen LogP contribution is -2.52. The molecule has 1 aromatic rings. The summed E-state index contributed by atoms with van der Waals surface area (Å²) in [6, 6.07) is 0. The summed E-state index contributed by atoms with van der Waals surface area (Å²) >= 11 is 1.31. The number of rotatable bonds is 7. The molecule has 0 spiro atoms. The number of nitrogens with zero attached hydrogens (tertiary/aromatic N) is 3. The topological polar surface area (TPSA) is 87.6 Å². The van der Waals surface area contributed by atoms with Gasteiger partial charge in [-0.15, -0.1) is 10.2 Å². The summed E-state index contributed by atoms with van der Waals surface area (Å²) in [5.74, 6) is 0.455. The highest BCUT2D eigenvalue weighted by Crippen LogP contribution is 2.29. The molecule has 2 heterocycles. The Labute approximate surface area is 153 Å². The first-order valence-electron chi connectivity index (χ1n) is 8.72. The lowest BCUT2D eigenvalue weighted by Gasteiger charge is -2.37. The van der Waals surface area contributed by atoms with Crippen molar-refractivity contribution in [3.63, 3.8) is 0 Å². The summed E-state index contributed by atoms with van der Waals surface area (Å²) < 4.78 is 5.40. The average Bonchev–Trinajstić information content (AvgIpc) is 3.05. The number of nitrogens with one attached hydrogen (secondary N) is 1. The Bertz CT molecular complexity index is 582. The smallest absolute Gasteiger partial charge is 0.246 e. The van der Waals surface area contributed by atoms with E-state index in [0.717, 1.165) is 32.6 Å². The largest absolute Gasteiger partial charge is 0.395 e. The summed E-state index contributed by atoms with van der Waals surface area (Å²) in [7, 11) is 1.98. The van der Waals surface area contributed by atoms with Crippen molar-refractivity contribution >= 4 is 22.4 Å². The van der Waals surface area contributed by atoms with Crippen molar-refractivity contribution in [3.8, 4) is 0 Å². The Hall–Kier alpha value is -1.09. The number of likely N-dealkylation sites (N-methyl/N-ethyl adjacent to an activating group) is 1. The summed E-state index contributed by atoms with van der Waals surface area (Å²) in [6.07, 6.45) is 2.08. The summed E-state index contributed by atoms with van der Waals surface area (Å²) in [4.78, 5) is 14.9. The highest BCUT2D eigenvalue weighted by molar-refractivity contribution is 7.15. The average molecular weight is 371 g/mol. The number of aromatic nitrogens is 2. The van der Waals surface area contributed by atoms with Gasteiger partial charge in [-0.1, -0.05) is 25.2 Å². The van der Waals surface area contributed by atoms with Gasteiger partial charge in [-0.2, -0.15) is 0 Å². The van der Waals surface area contributed by atoms with E-state index in [2.05, 4.69) is 20.4 Å². The van der Waals surface area contributed by atoms with Gasteiger partial charge in [0.05, 0.1) is 12.1 Å². The Morgan fingerprint density at radius 3 is 2.56 bits per heavy atom. The van der Waals surface area contributed by atoms with E-state index in [1.165, 1.54) is 11.3 Å². The molecule has 2 N–H and O–H groups in total. The van der Waals surface area contributed by atoms with Gasteiger partial charge in [-0.05, 0) is 39.7 Å². The van der Waals surface area contributed by atoms with Gasteiger partial charge < -0.3 is 9.84 Å². The quantitative estimate of drug-likeness (QED) is 0.762. The van der Waals surface area contributed by atoms with Crippen LogP contribution in [0.5, 0.6) is 0 Å². The number of hydrogen-bond donors (Lipinski definition) is 2. The van der Waals surface area contributed by atoms with Crippen LogP contribution in [0.1, 0.15) is 45.5 Å². The molecule has 142 valence electrons. The lowest BCUT2D eigenvalue weighted by atomic mass is 9.95. The van der Waals surface area contributed by atoms with Crippen molar-refractivity contribution in [1.82, 2.24) is 15.1 Å². The Morgan fingerprint density at radius 2 is 1.96 bits per heavy atom. The highest BCUT2D eigenvalue weighted by atomic mass is 32.1. The van der Waals surface area contributed by atoms with Gasteiger partial charge in [0, 0.05) is 25.2 Å². The minimum Gasteiger partial charge on any atom is -0.395 e. The molecule has 0 unspecified atom stereocenters. The van der Waals surface area contributed by atoms with Crippen LogP contribution in [-0.4, -0.2) is 65.1 Å². The summed E-state index contributed by atoms with van der Waals surface area (Å²) in [5.41, 5.74) is -1.12. The molecular formula is C17H30N4O3S. The minimum atomic E-state index is -0.656. The van der Waals surface area contributed by atoms with Gasteiger partial charge in [0.2, 0.25) is 11.0 Å². The van der Waals surface area contributed by atoms with E-state index in [0.29, 0.717) is 16.1 Å². The van der Waals surface area contributed by atoms with Crippen LogP contribution in [0.3, 0.4) is 0 Å². The van der Waals surface area contributed by atoms with Crippen molar-refractivity contribution in [2.45, 2.75) is 51.5 Å². The molecule has 25 heavy (non-hydrogen) atoms. The van der Waals surface area contributed by atoms with Crippen LogP contribution in [0, 0.1) is 5.92 Å². The molecule has 2 rings (SSSR count). The standard InChI is InChI=1S/C17H30N4O3S/c1-16(2,11-22)14-19-20-15(25-14)18-13(23)17(3,4)21(5)10-12-6-8-24-9-7-12/h12,22H,6-11H2,1-5H3,(H,18,20,23). The summed E-state index contributed by atoms with van der Waals surface area (Å²) in [6.45, 7) is 10.1. The maximum Gasteiger partial charge on any atom is 0.246 e. The predicted molar refractivity (Wildman–Crippen MR) is 98.9 cm³/mol. The zero-order valence-electron chi connectivity index (χ0n) is 15.8. The molecule has 1 fully saturated rings. The molecule has 0 saturated carbocycles. The van der Waals surface area contributed by atoms with Crippen LogP contribution in [0.4, 0.5) is 5.13 Å². The van der Waals surface area contributed by atoms with E-state index in [1.54, 1.807) is 0 Å². The van der Waals surface area contributed by atoms with Crippen molar-refractivity contribution < 1.29 is 14.6 Å². The first kappa shape index (κ1) is 20.2. The second-order valence-corrected chi connectivity index (χ2v) is 8.88. The molecule has 0 bridgehead atoms. The molecule has 1 aliphatic heterocycles. The van der Waals surface area contributed by atoms with Gasteiger partial charge in [0.15, 0.2) is 0 Å². The van der Waals surface area contributed by atoms with E-state index in [9.17, 15) is 9.90 Å². The predicted octanol–water partition coefficient (Wildman–Crippen LogP) is 1.88. The number of anilines is 1. The molecule has 1 aliphatic rings. The lowest BCUT2D eigenvalue weighted by molar-refractivity contribution is -0.126. The number of aliphatic hydroxyl groups is 1. The zero-order chi connectivity index (χ0) is 18.7. The molecule has 1 saturated heterocycles. The monoisotopic (exact) mass is 370 g/mol. The van der Waals surface area contributed by atoms with Gasteiger partial charge >= 0.3 is 0 Å². The number of amides is 1. The fourth-order valence-corrected chi connectivity index (χ4v) is 3.41. The molecule has 0 atom stereocenters. The Balaban J connectivity index is 1.98. The third-order valence-corrected chi connectivity index (χ3v) is 6.21. The van der Waals surface area contributed by atoms with E-state index in [4.69, 9.17) is 4.74 Å². The van der Waals surface area contributed by atoms with Crippen LogP contribution >= 0.6 is 11.3 Å². The van der Waals surface area contributed by atoms with Gasteiger partial charge in [-0.25, -0.2) is 0 Å². The molecule has 0 aromatic carbocycles. The van der Waals surface area contributed by atoms with Crippen LogP contribution in [0.25, 0.3) is 0 Å². The van der Waals surface area contributed by atoms with E-state index >= 15 is 0 Å². The second kappa shape index (κ2) is 8.07. The third-order valence-electron chi connectivity index (χ3n) is 5.00. The Morgan fingerprint density at radius 1 is 1.32 bits per heavy atom. The van der Waals surface area contributed by atoms with Gasteiger partial charge in [0.25, 0.3) is 0 Å². The first-order valence-corrected chi connectivity index (χ1v) is 9.54. The van der Waals surface area contributed by atoms with Crippen LogP contribution in [0.15, 0.2) is 0 Å². The number of carbonyl (C=O) groups excluding carboxylic acids is 1. The zero-order valence-corrected chi connectivity index (χ0v) is 16.7. The van der Waals surface area contributed by atoms with Gasteiger partial charge in [0.1, 0.15) is 5.01 Å². The molecule has 1 aromatic heterocycles. The normalized spacial score (nSPS) is 17.1. The number of carbonyl (C=O) groups is 1. The third kappa shape index (κ3) is 4.97. The van der Waals surface area contributed by atoms with Crippen LogP contribution in [0.2, 0.25) is 0 Å². The molecule has 7 nitrogen and oxygen atoms in total. The van der Waals surface area contributed by atoms with Crippen molar-refractivity contribution in [3.05, 3.63) is 5.01 Å². The van der Waals surface area contributed by atoms with Crippen molar-refractivity contribution in [2.75, 3.05) is 38.7 Å². The number of hydrogen-bond acceptors (Lipinski definition) is 7. The van der Waals surface area contributed by atoms with E-state index in [-0.39, 0.29) is 12.5 Å². The van der Waals surface area contributed by atoms with Crippen molar-refractivity contribution in [1.29, 1.82) is 0 Å². The van der Waals surface area contributed by atoms with Crippen LogP contribution in [-0.2, 0) is 14.9 Å². The number of ether oxygens (including phenoxy) is 1. The minimum absolute atomic E-state index is 0.0189. The molecule has 0 radical (unpaired) electrons. The van der Waals surface area contributed by atoms with E-state index < -0.39 is 11.0 Å². The second-order valence-electron chi connectivity index (χ2n) is 7.90. The highest BCUT2D eigenvalue weighted by Gasteiger charge is 2.35. The Kier molecular flexibility index (Phi) is 6.53. The van der Waals surface area contributed by atoms with E-state index in [1.807, 2.05) is 34.7 Å². The number of aliphatic hydroxyl groups excluding tert-OH is 1. The summed E-state index contributed by atoms with van der Waals surface area (Å²) in [5, 5.41) is 21.6. The van der Waals surface area contributed by atoms with Crippen LogP contribution < -0.4 is 5.32 Å². The fourth-order valence-electron chi connectivity index (χ4n) is 2.58. The molecular weight excluding hydrogens is 340 g/mol. The first-order chi connectivity index (χ1) is 11.7. The van der Waals surface area contributed by atoms with Gasteiger partial charge in [-0.3, -0.25) is 15.0 Å². The molecule has 0 aliphatic carbocycles. The molecule has 1 amide bonds. The molecule has 8 heteroatoms.